The highest BCUT2D eigenvalue weighted by Gasteiger charge is 2.15. The Labute approximate surface area is 189 Å². The summed E-state index contributed by atoms with van der Waals surface area (Å²) >= 11 is 14.8. The molecular formula is C20H13Cl2N3O3S2. The molecule has 0 saturated carbocycles. The molecule has 0 saturated heterocycles. The molecule has 0 unspecified atom stereocenters. The Balaban J connectivity index is 1.38. The highest BCUT2D eigenvalue weighted by Crippen LogP contribution is 2.30. The number of hydrogen-bond acceptors (Lipinski definition) is 6. The molecule has 2 amide bonds. The summed E-state index contributed by atoms with van der Waals surface area (Å²) in [6, 6.07) is 12.0. The number of carbonyl (C=O) groups excluding carboxylic acids is 2. The number of amides is 2. The number of anilines is 2. The number of furan rings is 1. The number of thiophene rings is 1. The molecule has 0 radical (unpaired) electrons. The minimum atomic E-state index is -0.377. The number of rotatable bonds is 6. The second-order valence-corrected chi connectivity index (χ2v) is 9.06. The Morgan fingerprint density at radius 3 is 2.67 bits per heavy atom. The zero-order chi connectivity index (χ0) is 21.1. The molecule has 1 aromatic carbocycles. The molecule has 0 fully saturated rings. The summed E-state index contributed by atoms with van der Waals surface area (Å²) in [7, 11) is 0. The Bertz CT molecular complexity index is 1200. The number of nitrogens with zero attached hydrogens (tertiary/aromatic N) is 1. The topological polar surface area (TPSA) is 84.2 Å². The summed E-state index contributed by atoms with van der Waals surface area (Å²) < 4.78 is 5.05. The summed E-state index contributed by atoms with van der Waals surface area (Å²) in [6.45, 7) is 0. The molecule has 4 aromatic rings. The van der Waals surface area contributed by atoms with Crippen LogP contribution in [0.3, 0.4) is 0 Å². The third-order valence-electron chi connectivity index (χ3n) is 3.98. The van der Waals surface area contributed by atoms with Crippen LogP contribution in [0.15, 0.2) is 59.3 Å². The number of thiazole rings is 1. The minimum Gasteiger partial charge on any atom is -0.459 e. The van der Waals surface area contributed by atoms with E-state index in [0.29, 0.717) is 31.5 Å². The van der Waals surface area contributed by atoms with E-state index in [0.717, 1.165) is 21.8 Å². The second kappa shape index (κ2) is 9.01. The molecule has 0 bridgehead atoms. The second-order valence-electron chi connectivity index (χ2n) is 6.07. The third-order valence-corrected chi connectivity index (χ3v) is 6.75. The fourth-order valence-corrected chi connectivity index (χ4v) is 4.60. The Morgan fingerprint density at radius 1 is 1.00 bits per heavy atom. The van der Waals surface area contributed by atoms with Gasteiger partial charge in [-0.3, -0.25) is 14.9 Å². The van der Waals surface area contributed by atoms with Crippen molar-refractivity contribution < 1.29 is 14.0 Å². The van der Waals surface area contributed by atoms with E-state index in [1.54, 1.807) is 36.5 Å². The van der Waals surface area contributed by atoms with Crippen molar-refractivity contribution in [2.75, 3.05) is 10.6 Å². The van der Waals surface area contributed by atoms with E-state index in [9.17, 15) is 9.59 Å². The van der Waals surface area contributed by atoms with Crippen LogP contribution >= 0.6 is 45.9 Å². The lowest BCUT2D eigenvalue weighted by atomic mass is 10.1. The van der Waals surface area contributed by atoms with Gasteiger partial charge in [-0.05, 0) is 35.9 Å². The summed E-state index contributed by atoms with van der Waals surface area (Å²) in [5.41, 5.74) is 0.890. The monoisotopic (exact) mass is 477 g/mol. The van der Waals surface area contributed by atoms with Gasteiger partial charge in [0.1, 0.15) is 0 Å². The molecule has 152 valence electrons. The van der Waals surface area contributed by atoms with Crippen LogP contribution in [0.5, 0.6) is 0 Å². The van der Waals surface area contributed by atoms with Crippen LogP contribution in [0.2, 0.25) is 10.0 Å². The van der Waals surface area contributed by atoms with Crippen molar-refractivity contribution >= 4 is 67.8 Å². The summed E-state index contributed by atoms with van der Waals surface area (Å²) in [4.78, 5) is 30.2. The zero-order valence-corrected chi connectivity index (χ0v) is 18.3. The first-order chi connectivity index (χ1) is 14.5. The molecule has 30 heavy (non-hydrogen) atoms. The van der Waals surface area contributed by atoms with E-state index in [4.69, 9.17) is 27.6 Å². The average Bonchev–Trinajstić information content (AvgIpc) is 3.47. The highest BCUT2D eigenvalue weighted by molar-refractivity contribution is 7.18. The number of aromatic nitrogens is 1. The maximum atomic E-state index is 12.5. The van der Waals surface area contributed by atoms with E-state index in [1.807, 2.05) is 12.1 Å². The number of benzene rings is 1. The fourth-order valence-electron chi connectivity index (χ4n) is 2.59. The maximum Gasteiger partial charge on any atom is 0.291 e. The van der Waals surface area contributed by atoms with Crippen molar-refractivity contribution in [3.63, 3.8) is 0 Å². The molecule has 2 N–H and O–H groups in total. The van der Waals surface area contributed by atoms with Crippen LogP contribution in [0.4, 0.5) is 10.1 Å². The van der Waals surface area contributed by atoms with Crippen molar-refractivity contribution in [3.8, 4) is 0 Å². The van der Waals surface area contributed by atoms with Crippen LogP contribution in [0.25, 0.3) is 0 Å². The standard InChI is InChI=1S/C20H13Cl2N3O3S2/c21-13-4-1-3-11(17(13)22)9-12-10-23-20(29-12)25-19(27)15-6-7-16(30-15)24-18(26)14-5-2-8-28-14/h1-8,10H,9H2,(H,24,26)(H,23,25,27). The van der Waals surface area contributed by atoms with Crippen molar-refractivity contribution in [1.82, 2.24) is 4.98 Å². The van der Waals surface area contributed by atoms with Gasteiger partial charge < -0.3 is 9.73 Å². The van der Waals surface area contributed by atoms with Gasteiger partial charge in [-0.1, -0.05) is 35.3 Å². The lowest BCUT2D eigenvalue weighted by molar-refractivity contribution is 0.0995. The third kappa shape index (κ3) is 4.73. The van der Waals surface area contributed by atoms with E-state index in [2.05, 4.69) is 15.6 Å². The fraction of sp³-hybridized carbons (Fsp3) is 0.0500. The quantitative estimate of drug-likeness (QED) is 0.346. The van der Waals surface area contributed by atoms with Crippen LogP contribution < -0.4 is 10.6 Å². The molecule has 0 aliphatic rings. The number of halogens is 2. The maximum absolute atomic E-state index is 12.5. The molecule has 3 aromatic heterocycles. The van der Waals surface area contributed by atoms with Gasteiger partial charge in [0, 0.05) is 17.5 Å². The van der Waals surface area contributed by atoms with E-state index >= 15 is 0 Å². The predicted octanol–water partition coefficient (Wildman–Crippen LogP) is 6.20. The molecule has 10 heteroatoms. The number of carbonyl (C=O) groups is 2. The van der Waals surface area contributed by atoms with Gasteiger partial charge in [-0.25, -0.2) is 4.98 Å². The van der Waals surface area contributed by atoms with Gasteiger partial charge in [0.2, 0.25) is 0 Å². The Morgan fingerprint density at radius 2 is 1.87 bits per heavy atom. The Hall–Kier alpha value is -2.65. The first-order valence-electron chi connectivity index (χ1n) is 8.63. The molecule has 0 aliphatic heterocycles. The van der Waals surface area contributed by atoms with Crippen LogP contribution in [-0.4, -0.2) is 16.8 Å². The lowest BCUT2D eigenvalue weighted by Crippen LogP contribution is -2.10. The zero-order valence-electron chi connectivity index (χ0n) is 15.1. The van der Waals surface area contributed by atoms with Gasteiger partial charge >= 0.3 is 0 Å². The summed E-state index contributed by atoms with van der Waals surface area (Å²) in [6.07, 6.45) is 3.68. The van der Waals surface area contributed by atoms with Gasteiger partial charge in [-0.2, -0.15) is 0 Å². The highest BCUT2D eigenvalue weighted by atomic mass is 35.5. The first-order valence-corrected chi connectivity index (χ1v) is 11.0. The van der Waals surface area contributed by atoms with Gasteiger partial charge in [0.05, 0.1) is 26.2 Å². The molecule has 0 spiro atoms. The molecule has 6 nitrogen and oxygen atoms in total. The minimum absolute atomic E-state index is 0.199. The van der Waals surface area contributed by atoms with Gasteiger partial charge in [0.25, 0.3) is 11.8 Å². The number of hydrogen-bond donors (Lipinski definition) is 2. The van der Waals surface area contributed by atoms with Crippen LogP contribution in [-0.2, 0) is 6.42 Å². The van der Waals surface area contributed by atoms with Crippen molar-refractivity contribution in [2.24, 2.45) is 0 Å². The van der Waals surface area contributed by atoms with E-state index in [1.165, 1.54) is 17.6 Å². The van der Waals surface area contributed by atoms with Gasteiger partial charge in [0.15, 0.2) is 10.9 Å². The van der Waals surface area contributed by atoms with Gasteiger partial charge in [-0.15, -0.1) is 22.7 Å². The Kier molecular flexibility index (Phi) is 6.19. The molecule has 0 atom stereocenters. The van der Waals surface area contributed by atoms with Crippen molar-refractivity contribution in [1.29, 1.82) is 0 Å². The van der Waals surface area contributed by atoms with Crippen molar-refractivity contribution in [2.45, 2.75) is 6.42 Å². The molecular weight excluding hydrogens is 465 g/mol. The molecule has 4 rings (SSSR count). The molecule has 3 heterocycles. The smallest absolute Gasteiger partial charge is 0.291 e. The first kappa shape index (κ1) is 20.6. The van der Waals surface area contributed by atoms with Crippen molar-refractivity contribution in [3.05, 3.63) is 86.0 Å². The summed E-state index contributed by atoms with van der Waals surface area (Å²) in [5, 5.41) is 7.50. The lowest BCUT2D eigenvalue weighted by Gasteiger charge is -2.03. The van der Waals surface area contributed by atoms with E-state index in [-0.39, 0.29) is 17.6 Å². The van der Waals surface area contributed by atoms with Crippen LogP contribution in [0.1, 0.15) is 30.7 Å². The molecule has 0 aliphatic carbocycles. The average molecular weight is 478 g/mol. The normalized spacial score (nSPS) is 10.7. The largest absolute Gasteiger partial charge is 0.459 e. The SMILES string of the molecule is O=C(Nc1ccc(C(=O)Nc2ncc(Cc3cccc(Cl)c3Cl)s2)s1)c1ccco1. The van der Waals surface area contributed by atoms with Crippen LogP contribution in [0, 0.1) is 0 Å². The van der Waals surface area contributed by atoms with E-state index < -0.39 is 0 Å². The summed E-state index contributed by atoms with van der Waals surface area (Å²) in [5.74, 6) is -0.484. The number of nitrogens with one attached hydrogen (secondary N) is 2. The predicted molar refractivity (Wildman–Crippen MR) is 120 cm³/mol.